The summed E-state index contributed by atoms with van der Waals surface area (Å²) in [5.41, 5.74) is 4.14. The summed E-state index contributed by atoms with van der Waals surface area (Å²) in [6, 6.07) is 16.9. The Labute approximate surface area is 251 Å². The van der Waals surface area contributed by atoms with E-state index in [4.69, 9.17) is 5.11 Å². The van der Waals surface area contributed by atoms with Gasteiger partial charge in [0.1, 0.15) is 0 Å². The van der Waals surface area contributed by atoms with Crippen LogP contribution in [-0.2, 0) is 12.7 Å². The molecule has 0 radical (unpaired) electrons. The first-order valence-corrected chi connectivity index (χ1v) is 14.2. The molecule has 43 heavy (non-hydrogen) atoms. The normalized spacial score (nSPS) is 14.6. The van der Waals surface area contributed by atoms with Crippen molar-refractivity contribution in [2.24, 2.45) is 0 Å². The van der Waals surface area contributed by atoms with Crippen molar-refractivity contribution >= 4 is 17.2 Å². The Morgan fingerprint density at radius 3 is 2.37 bits per heavy atom. The van der Waals surface area contributed by atoms with Crippen molar-refractivity contribution in [3.05, 3.63) is 106 Å². The molecule has 0 saturated carbocycles. The fourth-order valence-corrected chi connectivity index (χ4v) is 5.05. The Balaban J connectivity index is 1.52. The molecule has 1 fully saturated rings. The highest BCUT2D eigenvalue weighted by Gasteiger charge is 2.34. The molecule has 0 spiro atoms. The number of benzene rings is 3. The average Bonchev–Trinajstić information content (AvgIpc) is 2.97. The Morgan fingerprint density at radius 2 is 1.70 bits per heavy atom. The van der Waals surface area contributed by atoms with E-state index in [1.165, 1.54) is 12.1 Å². The van der Waals surface area contributed by atoms with Gasteiger partial charge in [0, 0.05) is 74.9 Å². The van der Waals surface area contributed by atoms with Gasteiger partial charge in [-0.25, -0.2) is 0 Å². The minimum atomic E-state index is -4.57. The molecule has 0 aromatic heterocycles. The molecule has 226 valence electrons. The highest BCUT2D eigenvalue weighted by Crippen LogP contribution is 2.35. The van der Waals surface area contributed by atoms with Crippen molar-refractivity contribution in [2.75, 3.05) is 51.7 Å². The van der Waals surface area contributed by atoms with Crippen LogP contribution in [0.15, 0.2) is 66.9 Å². The second-order valence-corrected chi connectivity index (χ2v) is 10.6. The molecule has 1 saturated heterocycles. The number of hydrogen-bond donors (Lipinski definition) is 3. The summed E-state index contributed by atoms with van der Waals surface area (Å²) in [4.78, 5) is 17.2. The summed E-state index contributed by atoms with van der Waals surface area (Å²) in [5.74, 6) is 5.84. The summed E-state index contributed by atoms with van der Waals surface area (Å²) in [5, 5.41) is 14.8. The minimum Gasteiger partial charge on any atom is -0.395 e. The maximum Gasteiger partial charge on any atom is 0.416 e. The van der Waals surface area contributed by atoms with Gasteiger partial charge in [-0.15, -0.1) is 0 Å². The SMILES string of the molecule is CN/C=C(/C#Cc1cc(C(=O)Nc2ccc(CN3CCN(CCO)CC3)c(C(F)(F)F)c2)ccc1C)c1ccccc1C. The third-order valence-electron chi connectivity index (χ3n) is 7.50. The molecule has 0 aliphatic carbocycles. The fourth-order valence-electron chi connectivity index (χ4n) is 5.05. The van der Waals surface area contributed by atoms with Crippen molar-refractivity contribution in [1.82, 2.24) is 15.1 Å². The molecule has 1 aliphatic heterocycles. The first kappa shape index (κ1) is 31.8. The van der Waals surface area contributed by atoms with Crippen molar-refractivity contribution < 1.29 is 23.1 Å². The minimum absolute atomic E-state index is 0.0611. The predicted octanol–water partition coefficient (Wildman–Crippen LogP) is 5.30. The molecule has 3 aromatic rings. The molecule has 4 rings (SSSR count). The van der Waals surface area contributed by atoms with Crippen LogP contribution >= 0.6 is 0 Å². The van der Waals surface area contributed by atoms with Gasteiger partial charge < -0.3 is 15.7 Å². The highest BCUT2D eigenvalue weighted by molar-refractivity contribution is 6.04. The monoisotopic (exact) mass is 590 g/mol. The van der Waals surface area contributed by atoms with Crippen molar-refractivity contribution in [2.45, 2.75) is 26.6 Å². The molecular weight excluding hydrogens is 553 g/mol. The number of nitrogens with zero attached hydrogens (tertiary/aromatic N) is 2. The number of allylic oxidation sites excluding steroid dienone is 1. The Hall–Kier alpha value is -4.10. The van der Waals surface area contributed by atoms with E-state index in [0.29, 0.717) is 43.9 Å². The van der Waals surface area contributed by atoms with Gasteiger partial charge in [-0.1, -0.05) is 48.2 Å². The lowest BCUT2D eigenvalue weighted by atomic mass is 10.00. The lowest BCUT2D eigenvalue weighted by Crippen LogP contribution is -2.46. The molecule has 1 heterocycles. The van der Waals surface area contributed by atoms with Crippen LogP contribution in [-0.4, -0.2) is 67.2 Å². The second kappa shape index (κ2) is 14.4. The Morgan fingerprint density at radius 1 is 0.977 bits per heavy atom. The maximum atomic E-state index is 14.1. The molecule has 0 atom stereocenters. The molecule has 0 unspecified atom stereocenters. The largest absolute Gasteiger partial charge is 0.416 e. The Kier molecular flexibility index (Phi) is 10.6. The number of carbonyl (C=O) groups is 1. The number of aryl methyl sites for hydroxylation is 2. The van der Waals surface area contributed by atoms with E-state index in [1.54, 1.807) is 25.2 Å². The van der Waals surface area contributed by atoms with E-state index >= 15 is 0 Å². The molecule has 1 aliphatic rings. The van der Waals surface area contributed by atoms with Gasteiger partial charge in [-0.05, 0) is 60.4 Å². The lowest BCUT2D eigenvalue weighted by molar-refractivity contribution is -0.138. The smallest absolute Gasteiger partial charge is 0.395 e. The highest BCUT2D eigenvalue weighted by atomic mass is 19.4. The van der Waals surface area contributed by atoms with Gasteiger partial charge in [0.25, 0.3) is 5.91 Å². The molecule has 0 bridgehead atoms. The average molecular weight is 591 g/mol. The van der Waals surface area contributed by atoms with Crippen LogP contribution in [0, 0.1) is 25.7 Å². The van der Waals surface area contributed by atoms with Crippen LogP contribution < -0.4 is 10.6 Å². The topological polar surface area (TPSA) is 67.8 Å². The number of piperazine rings is 1. The zero-order valence-corrected chi connectivity index (χ0v) is 24.7. The van der Waals surface area contributed by atoms with Crippen molar-refractivity contribution in [1.29, 1.82) is 0 Å². The maximum absolute atomic E-state index is 14.1. The van der Waals surface area contributed by atoms with Gasteiger partial charge in [-0.3, -0.25) is 14.6 Å². The van der Waals surface area contributed by atoms with E-state index in [9.17, 15) is 18.0 Å². The fraction of sp³-hybridized carbons (Fsp3) is 0.324. The van der Waals surface area contributed by atoms with E-state index in [1.807, 2.05) is 49.2 Å². The van der Waals surface area contributed by atoms with Gasteiger partial charge in [-0.2, -0.15) is 13.2 Å². The van der Waals surface area contributed by atoms with Crippen LogP contribution in [0.4, 0.5) is 18.9 Å². The van der Waals surface area contributed by atoms with E-state index < -0.39 is 17.6 Å². The number of aliphatic hydroxyl groups excluding tert-OH is 1. The number of aliphatic hydroxyl groups is 1. The number of halogens is 3. The molecular formula is C34H37F3N4O2. The van der Waals surface area contributed by atoms with Gasteiger partial charge in [0.2, 0.25) is 0 Å². The number of amides is 1. The van der Waals surface area contributed by atoms with Gasteiger partial charge in [0.15, 0.2) is 0 Å². The number of rotatable bonds is 8. The number of carbonyl (C=O) groups excluding carboxylic acids is 1. The summed E-state index contributed by atoms with van der Waals surface area (Å²) in [6.45, 7) is 7.30. The number of anilines is 1. The van der Waals surface area contributed by atoms with Gasteiger partial charge >= 0.3 is 6.18 Å². The van der Waals surface area contributed by atoms with Crippen LogP contribution in [0.3, 0.4) is 0 Å². The van der Waals surface area contributed by atoms with Crippen molar-refractivity contribution in [3.8, 4) is 11.8 Å². The molecule has 1 amide bonds. The molecule has 3 N–H and O–H groups in total. The number of β-amino-alcohol motifs (C(OH)–C–C–N with tert-alkyl or cyclic N) is 1. The summed E-state index contributed by atoms with van der Waals surface area (Å²) in [6.07, 6.45) is -2.75. The number of hydrogen-bond acceptors (Lipinski definition) is 5. The predicted molar refractivity (Wildman–Crippen MR) is 164 cm³/mol. The quantitative estimate of drug-likeness (QED) is 0.311. The summed E-state index contributed by atoms with van der Waals surface area (Å²) < 4.78 is 42.2. The second-order valence-electron chi connectivity index (χ2n) is 10.6. The Bertz CT molecular complexity index is 1530. The molecule has 9 heteroatoms. The third kappa shape index (κ3) is 8.48. The first-order valence-electron chi connectivity index (χ1n) is 14.2. The summed E-state index contributed by atoms with van der Waals surface area (Å²) in [7, 11) is 1.80. The zero-order valence-electron chi connectivity index (χ0n) is 24.7. The van der Waals surface area contributed by atoms with Gasteiger partial charge in [0.05, 0.1) is 12.2 Å². The van der Waals surface area contributed by atoms with E-state index in [-0.39, 0.29) is 24.4 Å². The number of alkyl halides is 3. The van der Waals surface area contributed by atoms with E-state index in [2.05, 4.69) is 27.4 Å². The number of nitrogens with one attached hydrogen (secondary N) is 2. The van der Waals surface area contributed by atoms with Crippen LogP contribution in [0.1, 0.15) is 43.7 Å². The first-order chi connectivity index (χ1) is 20.6. The van der Waals surface area contributed by atoms with Crippen molar-refractivity contribution in [3.63, 3.8) is 0 Å². The lowest BCUT2D eigenvalue weighted by Gasteiger charge is -2.34. The van der Waals surface area contributed by atoms with Crippen LogP contribution in [0.25, 0.3) is 5.57 Å². The van der Waals surface area contributed by atoms with E-state index in [0.717, 1.165) is 28.3 Å². The van der Waals surface area contributed by atoms with Crippen LogP contribution in [0.5, 0.6) is 0 Å². The zero-order chi connectivity index (χ0) is 31.0. The standard InChI is InChI=1S/C34H37F3N4O2/c1-24-8-9-27(20-26(24)10-11-28(22-38-3)31-7-5-4-6-25(31)2)33(43)39-30-13-12-29(32(21-30)34(35,36)37)23-41-16-14-40(15-17-41)18-19-42/h4-9,12-13,20-22,38,42H,14-19,23H2,1-3H3,(H,39,43)/b28-22-. The third-order valence-corrected chi connectivity index (χ3v) is 7.50. The summed E-state index contributed by atoms with van der Waals surface area (Å²) >= 11 is 0. The van der Waals surface area contributed by atoms with Crippen LogP contribution in [0.2, 0.25) is 0 Å². The molecule has 6 nitrogen and oxygen atoms in total. The molecule has 3 aromatic carbocycles.